The van der Waals surface area contributed by atoms with E-state index in [1.165, 1.54) is 12.1 Å². The van der Waals surface area contributed by atoms with Gasteiger partial charge in [0.2, 0.25) is 5.91 Å². The van der Waals surface area contributed by atoms with Crippen LogP contribution >= 0.6 is 0 Å². The zero-order valence-electron chi connectivity index (χ0n) is 10.2. The number of nitrogens with two attached hydrogens (primary N) is 1. The molecule has 0 aromatic heterocycles. The van der Waals surface area contributed by atoms with Gasteiger partial charge in [-0.3, -0.25) is 4.79 Å². The van der Waals surface area contributed by atoms with Gasteiger partial charge in [-0.05, 0) is 37.6 Å². The van der Waals surface area contributed by atoms with E-state index in [1.807, 2.05) is 6.92 Å². The molecule has 0 fully saturated rings. The van der Waals surface area contributed by atoms with Crippen LogP contribution in [0.2, 0.25) is 0 Å². The number of nitrogens with zero attached hydrogens (tertiary/aromatic N) is 1. The predicted molar refractivity (Wildman–Crippen MR) is 66.0 cm³/mol. The van der Waals surface area contributed by atoms with Crippen molar-refractivity contribution < 1.29 is 9.18 Å². The molecule has 0 saturated heterocycles. The van der Waals surface area contributed by atoms with Crippen molar-refractivity contribution in [2.75, 3.05) is 19.6 Å². The van der Waals surface area contributed by atoms with Crippen molar-refractivity contribution in [1.82, 2.24) is 4.90 Å². The molecule has 1 aromatic carbocycles. The van der Waals surface area contributed by atoms with E-state index in [2.05, 4.69) is 0 Å². The molecular formula is C13H19FN2O. The van der Waals surface area contributed by atoms with Gasteiger partial charge < -0.3 is 10.6 Å². The first-order chi connectivity index (χ1) is 8.17. The largest absolute Gasteiger partial charge is 0.343 e. The van der Waals surface area contributed by atoms with Crippen molar-refractivity contribution in [1.29, 1.82) is 0 Å². The molecule has 2 N–H and O–H groups in total. The second kappa shape index (κ2) is 7.01. The van der Waals surface area contributed by atoms with Crippen LogP contribution in [-0.4, -0.2) is 30.4 Å². The molecule has 17 heavy (non-hydrogen) atoms. The minimum Gasteiger partial charge on any atom is -0.343 e. The van der Waals surface area contributed by atoms with Gasteiger partial charge in [0.25, 0.3) is 0 Å². The van der Waals surface area contributed by atoms with E-state index < -0.39 is 0 Å². The Morgan fingerprint density at radius 1 is 1.47 bits per heavy atom. The van der Waals surface area contributed by atoms with Crippen LogP contribution < -0.4 is 5.73 Å². The summed E-state index contributed by atoms with van der Waals surface area (Å²) < 4.78 is 13.0. The first-order valence-corrected chi connectivity index (χ1v) is 5.89. The molecule has 0 aliphatic rings. The van der Waals surface area contributed by atoms with Crippen molar-refractivity contribution in [2.24, 2.45) is 5.73 Å². The van der Waals surface area contributed by atoms with E-state index in [1.54, 1.807) is 17.0 Å². The van der Waals surface area contributed by atoms with Crippen LogP contribution in [-0.2, 0) is 11.2 Å². The summed E-state index contributed by atoms with van der Waals surface area (Å²) in [4.78, 5) is 13.7. The zero-order valence-corrected chi connectivity index (χ0v) is 10.2. The number of rotatable bonds is 6. The molecule has 0 bridgehead atoms. The lowest BCUT2D eigenvalue weighted by molar-refractivity contribution is -0.130. The van der Waals surface area contributed by atoms with Gasteiger partial charge in [0.15, 0.2) is 0 Å². The third-order valence-corrected chi connectivity index (χ3v) is 2.61. The molecule has 1 amide bonds. The minimum absolute atomic E-state index is 0.0200. The van der Waals surface area contributed by atoms with Crippen LogP contribution in [0.15, 0.2) is 24.3 Å². The van der Waals surface area contributed by atoms with Gasteiger partial charge in [-0.1, -0.05) is 12.1 Å². The topological polar surface area (TPSA) is 46.3 Å². The maximum Gasteiger partial charge on any atom is 0.226 e. The van der Waals surface area contributed by atoms with E-state index in [0.717, 1.165) is 6.42 Å². The van der Waals surface area contributed by atoms with E-state index in [-0.39, 0.29) is 18.1 Å². The third kappa shape index (κ3) is 4.53. The number of carbonyl (C=O) groups is 1. The monoisotopic (exact) mass is 238 g/mol. The van der Waals surface area contributed by atoms with E-state index >= 15 is 0 Å². The number of hydrogen-bond acceptors (Lipinski definition) is 2. The first-order valence-electron chi connectivity index (χ1n) is 5.89. The SMILES string of the molecule is CCN(CCCN)C(=O)Cc1cccc(F)c1. The Balaban J connectivity index is 2.57. The van der Waals surface area contributed by atoms with Gasteiger partial charge in [0.1, 0.15) is 5.82 Å². The summed E-state index contributed by atoms with van der Waals surface area (Å²) in [6.45, 7) is 3.83. The van der Waals surface area contributed by atoms with E-state index in [9.17, 15) is 9.18 Å². The highest BCUT2D eigenvalue weighted by Gasteiger charge is 2.11. The molecule has 0 aliphatic heterocycles. The van der Waals surface area contributed by atoms with Crippen LogP contribution in [0.1, 0.15) is 18.9 Å². The Morgan fingerprint density at radius 2 is 2.24 bits per heavy atom. The molecule has 0 unspecified atom stereocenters. The van der Waals surface area contributed by atoms with Crippen molar-refractivity contribution in [3.8, 4) is 0 Å². The van der Waals surface area contributed by atoms with Crippen molar-refractivity contribution in [2.45, 2.75) is 19.8 Å². The summed E-state index contributed by atoms with van der Waals surface area (Å²) >= 11 is 0. The smallest absolute Gasteiger partial charge is 0.226 e. The third-order valence-electron chi connectivity index (χ3n) is 2.61. The Kier molecular flexibility index (Phi) is 5.63. The predicted octanol–water partition coefficient (Wildman–Crippen LogP) is 1.57. The number of benzene rings is 1. The molecule has 0 radical (unpaired) electrons. The normalized spacial score (nSPS) is 10.3. The van der Waals surface area contributed by atoms with Gasteiger partial charge in [-0.15, -0.1) is 0 Å². The molecule has 4 heteroatoms. The molecule has 1 rings (SSSR count). The number of halogens is 1. The Bertz CT molecular complexity index is 368. The summed E-state index contributed by atoms with van der Waals surface area (Å²) in [6.07, 6.45) is 1.04. The van der Waals surface area contributed by atoms with Crippen LogP contribution in [0.3, 0.4) is 0 Å². The lowest BCUT2D eigenvalue weighted by Crippen LogP contribution is -2.33. The highest BCUT2D eigenvalue weighted by molar-refractivity contribution is 5.78. The zero-order chi connectivity index (χ0) is 12.7. The molecular weight excluding hydrogens is 219 g/mol. The molecule has 3 nitrogen and oxygen atoms in total. The van der Waals surface area contributed by atoms with Gasteiger partial charge >= 0.3 is 0 Å². The van der Waals surface area contributed by atoms with Crippen LogP contribution in [0.25, 0.3) is 0 Å². The summed E-state index contributed by atoms with van der Waals surface area (Å²) in [5.74, 6) is -0.285. The van der Waals surface area contributed by atoms with Crippen molar-refractivity contribution in [3.63, 3.8) is 0 Å². The van der Waals surface area contributed by atoms with Crippen LogP contribution in [0.4, 0.5) is 4.39 Å². The number of amides is 1. The molecule has 0 heterocycles. The van der Waals surface area contributed by atoms with Crippen molar-refractivity contribution in [3.05, 3.63) is 35.6 Å². The quantitative estimate of drug-likeness (QED) is 0.817. The highest BCUT2D eigenvalue weighted by Crippen LogP contribution is 2.06. The average molecular weight is 238 g/mol. The number of likely N-dealkylation sites (N-methyl/N-ethyl adjacent to an activating group) is 1. The maximum atomic E-state index is 13.0. The molecule has 1 aromatic rings. The Morgan fingerprint density at radius 3 is 2.82 bits per heavy atom. The number of carbonyl (C=O) groups excluding carboxylic acids is 1. The fourth-order valence-corrected chi connectivity index (χ4v) is 1.67. The Labute approximate surface area is 101 Å². The average Bonchev–Trinajstić information content (AvgIpc) is 2.30. The van der Waals surface area contributed by atoms with Gasteiger partial charge in [0, 0.05) is 13.1 Å². The maximum absolute atomic E-state index is 13.0. The van der Waals surface area contributed by atoms with E-state index in [0.29, 0.717) is 25.2 Å². The lowest BCUT2D eigenvalue weighted by atomic mass is 10.1. The fourth-order valence-electron chi connectivity index (χ4n) is 1.67. The second-order valence-corrected chi connectivity index (χ2v) is 3.92. The van der Waals surface area contributed by atoms with Gasteiger partial charge in [-0.25, -0.2) is 4.39 Å². The Hall–Kier alpha value is -1.42. The highest BCUT2D eigenvalue weighted by atomic mass is 19.1. The summed E-state index contributed by atoms with van der Waals surface area (Å²) in [6, 6.07) is 6.15. The summed E-state index contributed by atoms with van der Waals surface area (Å²) in [5, 5.41) is 0. The lowest BCUT2D eigenvalue weighted by Gasteiger charge is -2.20. The summed E-state index contributed by atoms with van der Waals surface area (Å²) in [7, 11) is 0. The first kappa shape index (κ1) is 13.6. The van der Waals surface area contributed by atoms with Crippen LogP contribution in [0.5, 0.6) is 0 Å². The van der Waals surface area contributed by atoms with Crippen molar-refractivity contribution >= 4 is 5.91 Å². The molecule has 0 saturated carbocycles. The minimum atomic E-state index is -0.305. The van der Waals surface area contributed by atoms with Gasteiger partial charge in [-0.2, -0.15) is 0 Å². The molecule has 0 atom stereocenters. The molecule has 0 spiro atoms. The second-order valence-electron chi connectivity index (χ2n) is 3.92. The van der Waals surface area contributed by atoms with Crippen LogP contribution in [0, 0.1) is 5.82 Å². The number of hydrogen-bond donors (Lipinski definition) is 1. The van der Waals surface area contributed by atoms with E-state index in [4.69, 9.17) is 5.73 Å². The fraction of sp³-hybridized carbons (Fsp3) is 0.462. The molecule has 0 aliphatic carbocycles. The molecule has 94 valence electrons. The van der Waals surface area contributed by atoms with Gasteiger partial charge in [0.05, 0.1) is 6.42 Å². The summed E-state index contributed by atoms with van der Waals surface area (Å²) in [5.41, 5.74) is 6.13. The standard InChI is InChI=1S/C13H19FN2O/c1-2-16(8-4-7-15)13(17)10-11-5-3-6-12(14)9-11/h3,5-6,9H,2,4,7-8,10,15H2,1H3.